The summed E-state index contributed by atoms with van der Waals surface area (Å²) in [5, 5.41) is 0.793. The minimum Gasteiger partial charge on any atom is -0.274 e. The largest absolute Gasteiger partial charge is 0.274 e. The Morgan fingerprint density at radius 3 is 1.69 bits per heavy atom. The van der Waals surface area contributed by atoms with Crippen molar-refractivity contribution < 1.29 is 9.59 Å². The maximum absolute atomic E-state index is 13.7. The predicted octanol–water partition coefficient (Wildman–Crippen LogP) is 6.36. The Labute approximate surface area is 196 Å². The van der Waals surface area contributed by atoms with Crippen LogP contribution < -0.4 is 4.90 Å². The van der Waals surface area contributed by atoms with Gasteiger partial charge < -0.3 is 0 Å². The highest BCUT2D eigenvalue weighted by Gasteiger charge is 2.64. The van der Waals surface area contributed by atoms with Crippen molar-refractivity contribution in [2.75, 3.05) is 4.90 Å². The van der Waals surface area contributed by atoms with Crippen LogP contribution in [0.5, 0.6) is 0 Å². The molecule has 6 rings (SSSR count). The van der Waals surface area contributed by atoms with Crippen LogP contribution in [0.3, 0.4) is 0 Å². The number of imide groups is 1. The summed E-state index contributed by atoms with van der Waals surface area (Å²) in [5.74, 6) is -1.08. The highest BCUT2D eigenvalue weighted by Crippen LogP contribution is 2.64. The normalized spacial score (nSPS) is 26.2. The topological polar surface area (TPSA) is 37.4 Å². The van der Waals surface area contributed by atoms with E-state index in [0.29, 0.717) is 15.7 Å². The number of halogens is 2. The molecule has 0 radical (unpaired) electrons. The van der Waals surface area contributed by atoms with E-state index in [-0.39, 0.29) is 35.5 Å². The molecule has 2 aliphatic carbocycles. The summed E-state index contributed by atoms with van der Waals surface area (Å²) >= 11 is 12.6. The predicted molar refractivity (Wildman–Crippen MR) is 127 cm³/mol. The van der Waals surface area contributed by atoms with E-state index in [4.69, 9.17) is 23.2 Å². The number of allylic oxidation sites excluding steroid dienone is 2. The van der Waals surface area contributed by atoms with E-state index in [9.17, 15) is 9.59 Å². The van der Waals surface area contributed by atoms with Gasteiger partial charge in [-0.3, -0.25) is 9.59 Å². The van der Waals surface area contributed by atoms with E-state index in [2.05, 4.69) is 24.3 Å². The number of carbonyl (C=O) groups is 2. The molecule has 3 aliphatic rings. The summed E-state index contributed by atoms with van der Waals surface area (Å²) in [6, 6.07) is 25.4. The van der Waals surface area contributed by atoms with Crippen LogP contribution >= 0.6 is 23.2 Å². The highest BCUT2D eigenvalue weighted by atomic mass is 35.5. The SMILES string of the molecule is O=C1[C@@H]2[C@H](C(=O)N1c1cc(Cl)ccc1Cl)[C@H]1C[C@H]2C(c2ccccc2)=C1c1ccccc1. The van der Waals surface area contributed by atoms with E-state index in [0.717, 1.165) is 17.5 Å². The van der Waals surface area contributed by atoms with Crippen LogP contribution in [-0.2, 0) is 9.59 Å². The smallest absolute Gasteiger partial charge is 0.238 e. The summed E-state index contributed by atoms with van der Waals surface area (Å²) in [6.45, 7) is 0. The Morgan fingerprint density at radius 1 is 0.688 bits per heavy atom. The third-order valence-corrected chi connectivity index (χ3v) is 7.68. The molecule has 1 heterocycles. The van der Waals surface area contributed by atoms with Gasteiger partial charge in [-0.2, -0.15) is 0 Å². The first-order chi connectivity index (χ1) is 15.6. The number of hydrogen-bond acceptors (Lipinski definition) is 2. The Balaban J connectivity index is 1.50. The van der Waals surface area contributed by atoms with Crippen LogP contribution in [-0.4, -0.2) is 11.8 Å². The van der Waals surface area contributed by atoms with E-state index in [1.165, 1.54) is 16.0 Å². The number of hydrogen-bond donors (Lipinski definition) is 0. The average molecular weight is 460 g/mol. The van der Waals surface area contributed by atoms with Gasteiger partial charge in [0.1, 0.15) is 0 Å². The van der Waals surface area contributed by atoms with Crippen LogP contribution in [0.15, 0.2) is 78.9 Å². The second kappa shape index (κ2) is 7.33. The molecule has 0 aromatic heterocycles. The third kappa shape index (κ3) is 2.74. The van der Waals surface area contributed by atoms with Gasteiger partial charge in [-0.05, 0) is 58.7 Å². The lowest BCUT2D eigenvalue weighted by Gasteiger charge is -2.27. The fourth-order valence-electron chi connectivity index (χ4n) is 5.99. The van der Waals surface area contributed by atoms with E-state index in [1.54, 1.807) is 18.2 Å². The van der Waals surface area contributed by atoms with Gasteiger partial charge in [-0.25, -0.2) is 4.90 Å². The molecular formula is C27H19Cl2NO2. The van der Waals surface area contributed by atoms with Crippen molar-refractivity contribution in [3.05, 3.63) is 100 Å². The van der Waals surface area contributed by atoms with Crippen LogP contribution in [0.2, 0.25) is 10.0 Å². The molecule has 1 saturated heterocycles. The van der Waals surface area contributed by atoms with Crippen molar-refractivity contribution in [2.45, 2.75) is 6.42 Å². The molecule has 2 fully saturated rings. The second-order valence-electron chi connectivity index (χ2n) is 8.67. The zero-order chi connectivity index (χ0) is 22.0. The summed E-state index contributed by atoms with van der Waals surface area (Å²) in [6.07, 6.45) is 0.818. The summed E-state index contributed by atoms with van der Waals surface area (Å²) in [4.78, 5) is 28.6. The molecule has 4 atom stereocenters. The number of benzene rings is 3. The molecular weight excluding hydrogens is 441 g/mol. The van der Waals surface area contributed by atoms with Crippen molar-refractivity contribution in [1.29, 1.82) is 0 Å². The molecule has 0 N–H and O–H groups in total. The lowest BCUT2D eigenvalue weighted by molar-refractivity contribution is -0.123. The van der Waals surface area contributed by atoms with Gasteiger partial charge in [0.25, 0.3) is 0 Å². The number of fused-ring (bicyclic) bond motifs is 5. The Kier molecular flexibility index (Phi) is 4.53. The molecule has 0 unspecified atom stereocenters. The van der Waals surface area contributed by atoms with E-state index in [1.807, 2.05) is 36.4 Å². The van der Waals surface area contributed by atoms with Crippen molar-refractivity contribution in [2.24, 2.45) is 23.7 Å². The number of rotatable bonds is 3. The van der Waals surface area contributed by atoms with Gasteiger partial charge in [0.15, 0.2) is 0 Å². The standard InChI is InChI=1S/C27H19Cl2NO2/c28-17-11-12-20(29)21(13-17)30-26(31)24-18-14-19(25(24)27(30)32)23(16-9-5-2-6-10-16)22(18)15-7-3-1-4-8-15/h1-13,18-19,24-25H,14H2/t18-,19-,24-,25+/m0/s1. The average Bonchev–Trinajstić information content (AvgIpc) is 3.46. The first-order valence-electron chi connectivity index (χ1n) is 10.7. The number of nitrogens with zero attached hydrogens (tertiary/aromatic N) is 1. The molecule has 3 aromatic carbocycles. The van der Waals surface area contributed by atoms with Gasteiger partial charge >= 0.3 is 0 Å². The van der Waals surface area contributed by atoms with Crippen LogP contribution in [0.25, 0.3) is 11.1 Å². The first-order valence-corrected chi connectivity index (χ1v) is 11.5. The van der Waals surface area contributed by atoms with Crippen molar-refractivity contribution in [3.8, 4) is 0 Å². The van der Waals surface area contributed by atoms with Crippen LogP contribution in [0.4, 0.5) is 5.69 Å². The third-order valence-electron chi connectivity index (χ3n) is 7.12. The molecule has 2 bridgehead atoms. The summed E-state index contributed by atoms with van der Waals surface area (Å²) in [5.41, 5.74) is 5.02. The van der Waals surface area contributed by atoms with Crippen molar-refractivity contribution in [3.63, 3.8) is 0 Å². The molecule has 0 spiro atoms. The second-order valence-corrected chi connectivity index (χ2v) is 9.51. The minimum atomic E-state index is -0.370. The molecule has 1 saturated carbocycles. The van der Waals surface area contributed by atoms with E-state index < -0.39 is 0 Å². The number of amides is 2. The van der Waals surface area contributed by atoms with Crippen molar-refractivity contribution in [1.82, 2.24) is 0 Å². The molecule has 3 nitrogen and oxygen atoms in total. The first kappa shape index (κ1) is 19.8. The maximum Gasteiger partial charge on any atom is 0.238 e. The summed E-state index contributed by atoms with van der Waals surface area (Å²) in [7, 11) is 0. The maximum atomic E-state index is 13.7. The van der Waals surface area contributed by atoms with Gasteiger partial charge in [0.05, 0.1) is 22.5 Å². The lowest BCUT2D eigenvalue weighted by Crippen LogP contribution is -2.33. The zero-order valence-corrected chi connectivity index (χ0v) is 18.6. The quantitative estimate of drug-likeness (QED) is 0.427. The molecule has 5 heteroatoms. The van der Waals surface area contributed by atoms with Gasteiger partial charge in [0, 0.05) is 5.02 Å². The van der Waals surface area contributed by atoms with Gasteiger partial charge in [0.2, 0.25) is 11.8 Å². The number of carbonyl (C=O) groups excluding carboxylic acids is 2. The number of anilines is 1. The highest BCUT2D eigenvalue weighted by molar-refractivity contribution is 6.38. The lowest BCUT2D eigenvalue weighted by atomic mass is 9.73. The summed E-state index contributed by atoms with van der Waals surface area (Å²) < 4.78 is 0. The Morgan fingerprint density at radius 2 is 1.19 bits per heavy atom. The zero-order valence-electron chi connectivity index (χ0n) is 17.0. The molecule has 158 valence electrons. The van der Waals surface area contributed by atoms with E-state index >= 15 is 0 Å². The minimum absolute atomic E-state index is 0.00187. The van der Waals surface area contributed by atoms with Crippen molar-refractivity contribution >= 4 is 51.8 Å². The monoisotopic (exact) mass is 459 g/mol. The Bertz CT molecular complexity index is 1210. The van der Waals surface area contributed by atoms with Gasteiger partial charge in [-0.15, -0.1) is 0 Å². The molecule has 32 heavy (non-hydrogen) atoms. The van der Waals surface area contributed by atoms with Gasteiger partial charge in [-0.1, -0.05) is 83.9 Å². The van der Waals surface area contributed by atoms with Crippen LogP contribution in [0, 0.1) is 23.7 Å². The molecule has 2 amide bonds. The fraction of sp³-hybridized carbons (Fsp3) is 0.185. The fourth-order valence-corrected chi connectivity index (χ4v) is 6.36. The van der Waals surface area contributed by atoms with Crippen LogP contribution in [0.1, 0.15) is 17.5 Å². The molecule has 1 aliphatic heterocycles. The molecule has 3 aromatic rings. The Hall–Kier alpha value is -2.88.